The lowest BCUT2D eigenvalue weighted by Gasteiger charge is -2.31. The van der Waals surface area contributed by atoms with E-state index in [2.05, 4.69) is 41.5 Å². The molecule has 0 aromatic carbocycles. The van der Waals surface area contributed by atoms with E-state index in [0.717, 1.165) is 11.3 Å². The average molecular weight is 255 g/mol. The molecular formula is C13H21NS2. The molecule has 0 aliphatic heterocycles. The summed E-state index contributed by atoms with van der Waals surface area (Å²) in [6.45, 7) is 3.42. The first kappa shape index (κ1) is 12.5. The summed E-state index contributed by atoms with van der Waals surface area (Å²) >= 11 is 3.96. The van der Waals surface area contributed by atoms with Gasteiger partial charge in [0.25, 0.3) is 0 Å². The molecule has 3 heteroatoms. The predicted molar refractivity (Wildman–Crippen MR) is 74.5 cm³/mol. The van der Waals surface area contributed by atoms with E-state index in [1.54, 1.807) is 0 Å². The van der Waals surface area contributed by atoms with E-state index in [0.29, 0.717) is 0 Å². The van der Waals surface area contributed by atoms with Crippen molar-refractivity contribution in [3.63, 3.8) is 0 Å². The molecule has 0 saturated heterocycles. The maximum Gasteiger partial charge on any atom is 0.0601 e. The molecule has 1 nitrogen and oxygen atoms in total. The SMILES string of the molecule is CCCNC1CCCCC1Sc1cccs1. The minimum absolute atomic E-state index is 0.737. The zero-order valence-corrected chi connectivity index (χ0v) is 11.6. The monoisotopic (exact) mass is 255 g/mol. The Kier molecular flexibility index (Phi) is 5.20. The van der Waals surface area contributed by atoms with Crippen LogP contribution in [0.1, 0.15) is 39.0 Å². The van der Waals surface area contributed by atoms with Gasteiger partial charge in [-0.15, -0.1) is 23.1 Å². The molecule has 1 aromatic rings. The molecule has 0 radical (unpaired) electrons. The van der Waals surface area contributed by atoms with E-state index in [-0.39, 0.29) is 0 Å². The Hall–Kier alpha value is 0.01000. The molecule has 1 fully saturated rings. The summed E-state index contributed by atoms with van der Waals surface area (Å²) in [4.78, 5) is 0. The highest BCUT2D eigenvalue weighted by Gasteiger charge is 2.25. The van der Waals surface area contributed by atoms with E-state index < -0.39 is 0 Å². The molecule has 1 aliphatic carbocycles. The van der Waals surface area contributed by atoms with Gasteiger partial charge < -0.3 is 5.32 Å². The summed E-state index contributed by atoms with van der Waals surface area (Å²) in [6.07, 6.45) is 6.80. The number of hydrogen-bond donors (Lipinski definition) is 1. The van der Waals surface area contributed by atoms with Gasteiger partial charge in [-0.3, -0.25) is 0 Å². The summed E-state index contributed by atoms with van der Waals surface area (Å²) in [6, 6.07) is 5.14. The normalized spacial score (nSPS) is 25.8. The zero-order valence-electron chi connectivity index (χ0n) is 9.95. The standard InChI is InChI=1S/C13H21NS2/c1-2-9-14-11-6-3-4-7-12(11)16-13-8-5-10-15-13/h5,8,10-12,14H,2-4,6-7,9H2,1H3. The van der Waals surface area contributed by atoms with Crippen molar-refractivity contribution in [2.24, 2.45) is 0 Å². The van der Waals surface area contributed by atoms with Crippen LogP contribution in [0.4, 0.5) is 0 Å². The summed E-state index contributed by atoms with van der Waals surface area (Å²) < 4.78 is 1.48. The third-order valence-corrected chi connectivity index (χ3v) is 5.60. The van der Waals surface area contributed by atoms with Crippen LogP contribution in [0, 0.1) is 0 Å². The Morgan fingerprint density at radius 1 is 1.44 bits per heavy atom. The van der Waals surface area contributed by atoms with Gasteiger partial charge in [0, 0.05) is 11.3 Å². The molecule has 2 atom stereocenters. The fourth-order valence-electron chi connectivity index (χ4n) is 2.28. The van der Waals surface area contributed by atoms with Crippen molar-refractivity contribution in [3.8, 4) is 0 Å². The molecule has 0 bridgehead atoms. The van der Waals surface area contributed by atoms with Crippen molar-refractivity contribution >= 4 is 23.1 Å². The van der Waals surface area contributed by atoms with Crippen LogP contribution in [0.25, 0.3) is 0 Å². The molecule has 0 spiro atoms. The highest BCUT2D eigenvalue weighted by Crippen LogP contribution is 2.35. The second-order valence-corrected chi connectivity index (χ2v) is 6.92. The van der Waals surface area contributed by atoms with Crippen LogP contribution < -0.4 is 5.32 Å². The van der Waals surface area contributed by atoms with Crippen molar-refractivity contribution in [1.82, 2.24) is 5.32 Å². The number of nitrogens with one attached hydrogen (secondary N) is 1. The van der Waals surface area contributed by atoms with Crippen LogP contribution in [0.5, 0.6) is 0 Å². The van der Waals surface area contributed by atoms with Crippen molar-refractivity contribution in [2.45, 2.75) is 54.5 Å². The minimum Gasteiger partial charge on any atom is -0.313 e. The van der Waals surface area contributed by atoms with E-state index in [9.17, 15) is 0 Å². The second kappa shape index (κ2) is 6.67. The summed E-state index contributed by atoms with van der Waals surface area (Å²) in [7, 11) is 0. The van der Waals surface area contributed by atoms with Crippen LogP contribution in [0.3, 0.4) is 0 Å². The van der Waals surface area contributed by atoms with Gasteiger partial charge in [-0.25, -0.2) is 0 Å². The average Bonchev–Trinajstić information content (AvgIpc) is 2.81. The third kappa shape index (κ3) is 3.51. The lowest BCUT2D eigenvalue weighted by Crippen LogP contribution is -2.40. The number of hydrogen-bond acceptors (Lipinski definition) is 3. The smallest absolute Gasteiger partial charge is 0.0601 e. The fourth-order valence-corrected chi connectivity index (χ4v) is 4.63. The molecule has 1 aromatic heterocycles. The Morgan fingerprint density at radius 3 is 3.06 bits per heavy atom. The van der Waals surface area contributed by atoms with Crippen LogP contribution in [-0.4, -0.2) is 17.8 Å². The highest BCUT2D eigenvalue weighted by molar-refractivity contribution is 8.01. The molecule has 0 amide bonds. The molecule has 1 N–H and O–H groups in total. The molecule has 2 unspecified atom stereocenters. The van der Waals surface area contributed by atoms with Gasteiger partial charge in [0.1, 0.15) is 0 Å². The minimum atomic E-state index is 0.737. The van der Waals surface area contributed by atoms with Crippen molar-refractivity contribution in [1.29, 1.82) is 0 Å². The maximum absolute atomic E-state index is 3.72. The van der Waals surface area contributed by atoms with Crippen LogP contribution in [0.15, 0.2) is 21.7 Å². The van der Waals surface area contributed by atoms with E-state index in [1.807, 2.05) is 11.3 Å². The van der Waals surface area contributed by atoms with Gasteiger partial charge in [-0.05, 0) is 37.3 Å². The van der Waals surface area contributed by atoms with Gasteiger partial charge in [-0.2, -0.15) is 0 Å². The summed E-state index contributed by atoms with van der Waals surface area (Å²) in [5, 5.41) is 6.69. The lowest BCUT2D eigenvalue weighted by atomic mass is 9.95. The number of rotatable bonds is 5. The first-order valence-corrected chi connectivity index (χ1v) is 8.09. The van der Waals surface area contributed by atoms with Gasteiger partial charge in [0.2, 0.25) is 0 Å². The van der Waals surface area contributed by atoms with E-state index in [1.165, 1.54) is 42.9 Å². The molecular weight excluding hydrogens is 234 g/mol. The topological polar surface area (TPSA) is 12.0 Å². The largest absolute Gasteiger partial charge is 0.313 e. The summed E-state index contributed by atoms with van der Waals surface area (Å²) in [5.41, 5.74) is 0. The quantitative estimate of drug-likeness (QED) is 0.848. The Bertz CT molecular complexity index is 284. The first-order chi connectivity index (χ1) is 7.90. The Labute approximate surface area is 107 Å². The number of thioether (sulfide) groups is 1. The maximum atomic E-state index is 3.72. The first-order valence-electron chi connectivity index (χ1n) is 6.33. The van der Waals surface area contributed by atoms with Crippen LogP contribution in [0.2, 0.25) is 0 Å². The van der Waals surface area contributed by atoms with Gasteiger partial charge in [0.05, 0.1) is 4.21 Å². The number of thiophene rings is 1. The fraction of sp³-hybridized carbons (Fsp3) is 0.692. The molecule has 90 valence electrons. The highest BCUT2D eigenvalue weighted by atomic mass is 32.2. The van der Waals surface area contributed by atoms with Gasteiger partial charge in [-0.1, -0.05) is 25.8 Å². The molecule has 1 aliphatic rings. The third-order valence-electron chi connectivity index (χ3n) is 3.12. The van der Waals surface area contributed by atoms with Crippen molar-refractivity contribution < 1.29 is 0 Å². The van der Waals surface area contributed by atoms with Crippen molar-refractivity contribution in [3.05, 3.63) is 17.5 Å². The zero-order chi connectivity index (χ0) is 11.2. The second-order valence-electron chi connectivity index (χ2n) is 4.43. The molecule has 1 heterocycles. The van der Waals surface area contributed by atoms with E-state index >= 15 is 0 Å². The predicted octanol–water partition coefficient (Wildman–Crippen LogP) is 4.15. The van der Waals surface area contributed by atoms with Crippen LogP contribution in [-0.2, 0) is 0 Å². The summed E-state index contributed by atoms with van der Waals surface area (Å²) in [5.74, 6) is 0. The van der Waals surface area contributed by atoms with Crippen molar-refractivity contribution in [2.75, 3.05) is 6.54 Å². The van der Waals surface area contributed by atoms with Gasteiger partial charge >= 0.3 is 0 Å². The Balaban J connectivity index is 1.88. The molecule has 1 saturated carbocycles. The lowest BCUT2D eigenvalue weighted by molar-refractivity contribution is 0.385. The van der Waals surface area contributed by atoms with E-state index in [4.69, 9.17) is 0 Å². The van der Waals surface area contributed by atoms with Crippen LogP contribution >= 0.6 is 23.1 Å². The Morgan fingerprint density at radius 2 is 2.31 bits per heavy atom. The molecule has 16 heavy (non-hydrogen) atoms. The molecule has 2 rings (SSSR count). The van der Waals surface area contributed by atoms with Gasteiger partial charge in [0.15, 0.2) is 0 Å².